The van der Waals surface area contributed by atoms with Crippen molar-refractivity contribution in [2.45, 2.75) is 13.3 Å². The van der Waals surface area contributed by atoms with Crippen LogP contribution in [0.5, 0.6) is 0 Å². The van der Waals surface area contributed by atoms with E-state index in [-0.39, 0.29) is 5.91 Å². The van der Waals surface area contributed by atoms with Crippen LogP contribution in [0.15, 0.2) is 16.7 Å². The zero-order valence-corrected chi connectivity index (χ0v) is 8.90. The van der Waals surface area contributed by atoms with Crippen molar-refractivity contribution in [2.24, 2.45) is 11.7 Å². The predicted molar refractivity (Wildman–Crippen MR) is 56.5 cm³/mol. The van der Waals surface area contributed by atoms with Gasteiger partial charge >= 0.3 is 0 Å². The smallest absolute Gasteiger partial charge is 0.257 e. The molecular weight excluding hydrogens is 192 g/mol. The third-order valence-electron chi connectivity index (χ3n) is 2.88. The highest BCUT2D eigenvalue weighted by Gasteiger charge is 2.26. The summed E-state index contributed by atoms with van der Waals surface area (Å²) in [6.45, 7) is 4.09. The van der Waals surface area contributed by atoms with E-state index in [2.05, 4.69) is 0 Å². The molecule has 1 aliphatic heterocycles. The molecular formula is C11H16N2O2. The summed E-state index contributed by atoms with van der Waals surface area (Å²) in [5, 5.41) is 0. The molecule has 2 rings (SSSR count). The van der Waals surface area contributed by atoms with Gasteiger partial charge in [-0.2, -0.15) is 0 Å². The lowest BCUT2D eigenvalue weighted by Gasteiger charge is -2.14. The molecule has 0 saturated carbocycles. The first kappa shape index (κ1) is 10.2. The molecule has 1 atom stereocenters. The maximum absolute atomic E-state index is 11.9. The molecule has 1 aliphatic rings. The lowest BCUT2D eigenvalue weighted by atomic mass is 10.1. The number of carbonyl (C=O) groups excluding carboxylic acids is 1. The third kappa shape index (κ3) is 2.04. The minimum Gasteiger partial charge on any atom is -0.469 e. The zero-order chi connectivity index (χ0) is 10.8. The Morgan fingerprint density at radius 3 is 3.07 bits per heavy atom. The van der Waals surface area contributed by atoms with Gasteiger partial charge in [0.15, 0.2) is 0 Å². The first-order valence-corrected chi connectivity index (χ1v) is 5.25. The van der Waals surface area contributed by atoms with E-state index >= 15 is 0 Å². The van der Waals surface area contributed by atoms with Crippen molar-refractivity contribution in [1.29, 1.82) is 0 Å². The van der Waals surface area contributed by atoms with Crippen molar-refractivity contribution < 1.29 is 9.21 Å². The molecule has 4 nitrogen and oxygen atoms in total. The fourth-order valence-corrected chi connectivity index (χ4v) is 1.95. The average molecular weight is 208 g/mol. The minimum absolute atomic E-state index is 0.0581. The van der Waals surface area contributed by atoms with E-state index in [1.807, 2.05) is 11.8 Å². The van der Waals surface area contributed by atoms with Crippen molar-refractivity contribution in [3.63, 3.8) is 0 Å². The van der Waals surface area contributed by atoms with Gasteiger partial charge in [0, 0.05) is 13.1 Å². The van der Waals surface area contributed by atoms with Crippen molar-refractivity contribution in [1.82, 2.24) is 4.90 Å². The van der Waals surface area contributed by atoms with Crippen LogP contribution in [0.1, 0.15) is 22.5 Å². The first-order chi connectivity index (χ1) is 7.20. The Labute approximate surface area is 89.0 Å². The third-order valence-corrected chi connectivity index (χ3v) is 2.88. The summed E-state index contributed by atoms with van der Waals surface area (Å²) in [6, 6.07) is 1.78. The van der Waals surface area contributed by atoms with Crippen LogP contribution in [0.3, 0.4) is 0 Å². The van der Waals surface area contributed by atoms with E-state index in [9.17, 15) is 4.79 Å². The Balaban J connectivity index is 2.03. The van der Waals surface area contributed by atoms with Gasteiger partial charge in [-0.25, -0.2) is 0 Å². The molecule has 0 bridgehead atoms. The molecule has 1 amide bonds. The number of nitrogens with zero attached hydrogens (tertiary/aromatic N) is 1. The van der Waals surface area contributed by atoms with Crippen LogP contribution in [0.2, 0.25) is 0 Å². The molecule has 0 aromatic carbocycles. The van der Waals surface area contributed by atoms with Crippen molar-refractivity contribution in [2.75, 3.05) is 19.6 Å². The number of likely N-dealkylation sites (tertiary alicyclic amines) is 1. The van der Waals surface area contributed by atoms with E-state index in [0.29, 0.717) is 18.0 Å². The van der Waals surface area contributed by atoms with Crippen LogP contribution in [-0.4, -0.2) is 30.4 Å². The fraction of sp³-hybridized carbons (Fsp3) is 0.545. The molecule has 2 heterocycles. The van der Waals surface area contributed by atoms with Crippen LogP contribution >= 0.6 is 0 Å². The van der Waals surface area contributed by atoms with Gasteiger partial charge in [-0.3, -0.25) is 4.79 Å². The largest absolute Gasteiger partial charge is 0.469 e. The van der Waals surface area contributed by atoms with E-state index < -0.39 is 0 Å². The Morgan fingerprint density at radius 1 is 1.73 bits per heavy atom. The number of hydrogen-bond donors (Lipinski definition) is 1. The van der Waals surface area contributed by atoms with E-state index in [0.717, 1.165) is 25.3 Å². The summed E-state index contributed by atoms with van der Waals surface area (Å²) >= 11 is 0. The summed E-state index contributed by atoms with van der Waals surface area (Å²) in [6.07, 6.45) is 2.53. The van der Waals surface area contributed by atoms with Crippen LogP contribution in [0.4, 0.5) is 0 Å². The monoisotopic (exact) mass is 208 g/mol. The molecule has 0 spiro atoms. The van der Waals surface area contributed by atoms with E-state index in [4.69, 9.17) is 10.2 Å². The van der Waals surface area contributed by atoms with Gasteiger partial charge in [0.2, 0.25) is 0 Å². The van der Waals surface area contributed by atoms with Gasteiger partial charge in [0.05, 0.1) is 5.56 Å². The summed E-state index contributed by atoms with van der Waals surface area (Å²) < 4.78 is 5.13. The second-order valence-corrected chi connectivity index (χ2v) is 4.09. The molecule has 2 N–H and O–H groups in total. The number of furan rings is 1. The predicted octanol–water partition coefficient (Wildman–Crippen LogP) is 1.01. The Bertz CT molecular complexity index is 359. The summed E-state index contributed by atoms with van der Waals surface area (Å²) in [4.78, 5) is 13.8. The number of rotatable bonds is 2. The molecule has 0 radical (unpaired) electrons. The van der Waals surface area contributed by atoms with Crippen LogP contribution in [0, 0.1) is 12.8 Å². The van der Waals surface area contributed by atoms with Crippen molar-refractivity contribution in [3.05, 3.63) is 23.7 Å². The number of amides is 1. The quantitative estimate of drug-likeness (QED) is 0.789. The van der Waals surface area contributed by atoms with Gasteiger partial charge in [-0.15, -0.1) is 0 Å². The number of aryl methyl sites for hydroxylation is 1. The van der Waals surface area contributed by atoms with Gasteiger partial charge in [-0.1, -0.05) is 0 Å². The lowest BCUT2D eigenvalue weighted by molar-refractivity contribution is 0.0787. The summed E-state index contributed by atoms with van der Waals surface area (Å²) in [7, 11) is 0. The van der Waals surface area contributed by atoms with Gasteiger partial charge < -0.3 is 15.1 Å². The van der Waals surface area contributed by atoms with Gasteiger partial charge in [0.25, 0.3) is 5.91 Å². The maximum atomic E-state index is 11.9. The SMILES string of the molecule is Cc1cc(C(=O)N2CCC(CN)C2)co1. The second-order valence-electron chi connectivity index (χ2n) is 4.09. The highest BCUT2D eigenvalue weighted by Crippen LogP contribution is 2.18. The molecule has 1 aromatic heterocycles. The Hall–Kier alpha value is -1.29. The van der Waals surface area contributed by atoms with Gasteiger partial charge in [-0.05, 0) is 31.9 Å². The molecule has 1 fully saturated rings. The normalized spacial score (nSPS) is 20.9. The van der Waals surface area contributed by atoms with Crippen molar-refractivity contribution >= 4 is 5.91 Å². The molecule has 0 aliphatic carbocycles. The van der Waals surface area contributed by atoms with Crippen molar-refractivity contribution in [3.8, 4) is 0 Å². The van der Waals surface area contributed by atoms with Crippen LogP contribution in [-0.2, 0) is 0 Å². The zero-order valence-electron chi connectivity index (χ0n) is 8.90. The summed E-state index contributed by atoms with van der Waals surface area (Å²) in [5.41, 5.74) is 6.23. The lowest BCUT2D eigenvalue weighted by Crippen LogP contribution is -2.29. The van der Waals surface area contributed by atoms with E-state index in [1.165, 1.54) is 6.26 Å². The Kier molecular flexibility index (Phi) is 2.77. The molecule has 15 heavy (non-hydrogen) atoms. The number of hydrogen-bond acceptors (Lipinski definition) is 3. The Morgan fingerprint density at radius 2 is 2.53 bits per heavy atom. The van der Waals surface area contributed by atoms with Crippen LogP contribution in [0.25, 0.3) is 0 Å². The minimum atomic E-state index is 0.0581. The highest BCUT2D eigenvalue weighted by molar-refractivity contribution is 5.94. The standard InChI is InChI=1S/C11H16N2O2/c1-8-4-10(7-15-8)11(14)13-3-2-9(5-12)6-13/h4,7,9H,2-3,5-6,12H2,1H3. The molecule has 1 aromatic rings. The molecule has 4 heteroatoms. The maximum Gasteiger partial charge on any atom is 0.257 e. The van der Waals surface area contributed by atoms with Crippen LogP contribution < -0.4 is 5.73 Å². The highest BCUT2D eigenvalue weighted by atomic mass is 16.3. The van der Waals surface area contributed by atoms with E-state index in [1.54, 1.807) is 6.07 Å². The number of carbonyl (C=O) groups is 1. The summed E-state index contributed by atoms with van der Waals surface area (Å²) in [5.74, 6) is 1.29. The fourth-order valence-electron chi connectivity index (χ4n) is 1.95. The molecule has 1 unspecified atom stereocenters. The first-order valence-electron chi connectivity index (χ1n) is 5.25. The molecule has 82 valence electrons. The second kappa shape index (κ2) is 4.06. The topological polar surface area (TPSA) is 59.5 Å². The average Bonchev–Trinajstić information content (AvgIpc) is 2.84. The van der Waals surface area contributed by atoms with Gasteiger partial charge in [0.1, 0.15) is 12.0 Å². The molecule has 1 saturated heterocycles. The number of nitrogens with two attached hydrogens (primary N) is 1.